The third-order valence-electron chi connectivity index (χ3n) is 2.54. The van der Waals surface area contributed by atoms with Crippen molar-refractivity contribution in [3.05, 3.63) is 0 Å². The minimum Gasteiger partial charge on any atom is -0.481 e. The predicted octanol–water partition coefficient (Wildman–Crippen LogP) is 1.58. The van der Waals surface area contributed by atoms with Crippen LogP contribution in [0.1, 0.15) is 26.7 Å². The Kier molecular flexibility index (Phi) is 4.26. The summed E-state index contributed by atoms with van der Waals surface area (Å²) in [4.78, 5) is 10.8. The van der Waals surface area contributed by atoms with Gasteiger partial charge in [-0.1, -0.05) is 0 Å². The van der Waals surface area contributed by atoms with E-state index in [9.17, 15) is 4.79 Å². The lowest BCUT2D eigenvalue weighted by Gasteiger charge is -2.20. The quantitative estimate of drug-likeness (QED) is 0.734. The fourth-order valence-electron chi connectivity index (χ4n) is 1.43. The number of thioether (sulfide) groups is 1. The molecule has 4 heteroatoms. The zero-order valence-corrected chi connectivity index (χ0v) is 9.69. The van der Waals surface area contributed by atoms with E-state index in [1.807, 2.05) is 11.8 Å². The Balaban J connectivity index is 2.16. The molecule has 3 nitrogen and oxygen atoms in total. The van der Waals surface area contributed by atoms with Crippen molar-refractivity contribution in [2.75, 3.05) is 18.8 Å². The average molecular weight is 217 g/mol. The summed E-state index contributed by atoms with van der Waals surface area (Å²) >= 11 is 1.99. The van der Waals surface area contributed by atoms with E-state index in [4.69, 9.17) is 5.11 Å². The Bertz CT molecular complexity index is 200. The SMILES string of the molecule is CC(C)(CNCC1CCCS1)C(=O)O. The van der Waals surface area contributed by atoms with E-state index in [0.717, 1.165) is 6.54 Å². The smallest absolute Gasteiger partial charge is 0.310 e. The van der Waals surface area contributed by atoms with Gasteiger partial charge in [-0.2, -0.15) is 11.8 Å². The van der Waals surface area contributed by atoms with E-state index in [1.54, 1.807) is 13.8 Å². The summed E-state index contributed by atoms with van der Waals surface area (Å²) in [6, 6.07) is 0. The molecule has 2 N–H and O–H groups in total. The molecule has 0 aliphatic carbocycles. The van der Waals surface area contributed by atoms with E-state index in [2.05, 4.69) is 5.32 Å². The largest absolute Gasteiger partial charge is 0.481 e. The van der Waals surface area contributed by atoms with Crippen LogP contribution in [0.5, 0.6) is 0 Å². The molecular weight excluding hydrogens is 198 g/mol. The van der Waals surface area contributed by atoms with E-state index in [0.29, 0.717) is 11.8 Å². The molecule has 1 fully saturated rings. The van der Waals surface area contributed by atoms with Gasteiger partial charge in [0.05, 0.1) is 5.41 Å². The fraction of sp³-hybridized carbons (Fsp3) is 0.900. The summed E-state index contributed by atoms with van der Waals surface area (Å²) in [5, 5.41) is 12.8. The van der Waals surface area contributed by atoms with Crippen LogP contribution in [0.15, 0.2) is 0 Å². The molecule has 1 saturated heterocycles. The molecule has 0 spiro atoms. The third-order valence-corrected chi connectivity index (χ3v) is 3.94. The molecule has 0 radical (unpaired) electrons. The number of aliphatic carboxylic acids is 1. The second kappa shape index (κ2) is 5.03. The van der Waals surface area contributed by atoms with Crippen molar-refractivity contribution in [1.29, 1.82) is 0 Å². The first-order chi connectivity index (χ1) is 6.52. The monoisotopic (exact) mass is 217 g/mol. The maximum atomic E-state index is 10.8. The third kappa shape index (κ3) is 3.50. The molecule has 1 atom stereocenters. The highest BCUT2D eigenvalue weighted by Gasteiger charge is 2.27. The summed E-state index contributed by atoms with van der Waals surface area (Å²) < 4.78 is 0. The second-order valence-corrected chi connectivity index (χ2v) is 5.86. The van der Waals surface area contributed by atoms with Crippen LogP contribution in [0.4, 0.5) is 0 Å². The first kappa shape index (κ1) is 11.9. The van der Waals surface area contributed by atoms with E-state index >= 15 is 0 Å². The zero-order chi connectivity index (χ0) is 10.6. The second-order valence-electron chi connectivity index (χ2n) is 4.45. The van der Waals surface area contributed by atoms with Crippen LogP contribution < -0.4 is 5.32 Å². The van der Waals surface area contributed by atoms with Crippen molar-refractivity contribution in [3.63, 3.8) is 0 Å². The van der Waals surface area contributed by atoms with Crippen molar-refractivity contribution >= 4 is 17.7 Å². The Morgan fingerprint density at radius 3 is 2.86 bits per heavy atom. The van der Waals surface area contributed by atoms with Crippen molar-refractivity contribution in [3.8, 4) is 0 Å². The number of nitrogens with one attached hydrogen (secondary N) is 1. The van der Waals surface area contributed by atoms with Gasteiger partial charge in [-0.3, -0.25) is 4.79 Å². The molecule has 0 aromatic heterocycles. The lowest BCUT2D eigenvalue weighted by atomic mass is 9.94. The van der Waals surface area contributed by atoms with Crippen molar-refractivity contribution in [2.45, 2.75) is 31.9 Å². The van der Waals surface area contributed by atoms with Crippen molar-refractivity contribution in [1.82, 2.24) is 5.32 Å². The highest BCUT2D eigenvalue weighted by atomic mass is 32.2. The molecule has 0 aromatic rings. The standard InChI is InChI=1S/C10H19NO2S/c1-10(2,9(12)13)7-11-6-8-4-3-5-14-8/h8,11H,3-7H2,1-2H3,(H,12,13). The average Bonchev–Trinajstić information content (AvgIpc) is 2.56. The van der Waals surface area contributed by atoms with E-state index < -0.39 is 11.4 Å². The molecule has 1 unspecified atom stereocenters. The van der Waals surface area contributed by atoms with Crippen molar-refractivity contribution < 1.29 is 9.90 Å². The maximum absolute atomic E-state index is 10.8. The van der Waals surface area contributed by atoms with Gasteiger partial charge in [0.15, 0.2) is 0 Å². The molecule has 1 rings (SSSR count). The number of hydrogen-bond acceptors (Lipinski definition) is 3. The van der Waals surface area contributed by atoms with E-state index in [1.165, 1.54) is 18.6 Å². The lowest BCUT2D eigenvalue weighted by Crippen LogP contribution is -2.38. The molecule has 1 aliphatic rings. The molecule has 0 saturated carbocycles. The summed E-state index contributed by atoms with van der Waals surface area (Å²) in [5.41, 5.74) is -0.650. The number of carboxylic acids is 1. The van der Waals surface area contributed by atoms with Gasteiger partial charge in [0.2, 0.25) is 0 Å². The van der Waals surface area contributed by atoms with Crippen LogP contribution in [0.2, 0.25) is 0 Å². The van der Waals surface area contributed by atoms with Gasteiger partial charge in [-0.25, -0.2) is 0 Å². The minimum atomic E-state index is -0.732. The van der Waals surface area contributed by atoms with Gasteiger partial charge in [-0.15, -0.1) is 0 Å². The zero-order valence-electron chi connectivity index (χ0n) is 8.88. The molecular formula is C10H19NO2S. The normalized spacial score (nSPS) is 22.6. The Labute approximate surface area is 89.6 Å². The van der Waals surface area contributed by atoms with Crippen LogP contribution in [-0.2, 0) is 4.79 Å². The highest BCUT2D eigenvalue weighted by molar-refractivity contribution is 8.00. The van der Waals surface area contributed by atoms with Gasteiger partial charge < -0.3 is 10.4 Å². The summed E-state index contributed by atoms with van der Waals surface area (Å²) in [6.45, 7) is 5.01. The summed E-state index contributed by atoms with van der Waals surface area (Å²) in [5.74, 6) is 0.526. The minimum absolute atomic E-state index is 0.555. The van der Waals surface area contributed by atoms with Crippen molar-refractivity contribution in [2.24, 2.45) is 5.41 Å². The molecule has 1 heterocycles. The van der Waals surface area contributed by atoms with Crippen LogP contribution >= 0.6 is 11.8 Å². The number of hydrogen-bond donors (Lipinski definition) is 2. The number of carboxylic acid groups (broad SMARTS) is 1. The van der Waals surface area contributed by atoms with E-state index in [-0.39, 0.29) is 0 Å². The summed E-state index contributed by atoms with van der Waals surface area (Å²) in [6.07, 6.45) is 2.57. The topological polar surface area (TPSA) is 49.3 Å². The Morgan fingerprint density at radius 2 is 2.36 bits per heavy atom. The highest BCUT2D eigenvalue weighted by Crippen LogP contribution is 2.25. The first-order valence-corrected chi connectivity index (χ1v) is 6.13. The Morgan fingerprint density at radius 1 is 1.64 bits per heavy atom. The van der Waals surface area contributed by atoms with Gasteiger partial charge in [0.1, 0.15) is 0 Å². The molecule has 0 bridgehead atoms. The van der Waals surface area contributed by atoms with Gasteiger partial charge in [-0.05, 0) is 32.4 Å². The first-order valence-electron chi connectivity index (χ1n) is 5.08. The van der Waals surface area contributed by atoms with Gasteiger partial charge in [0.25, 0.3) is 0 Å². The van der Waals surface area contributed by atoms with Crippen LogP contribution in [0, 0.1) is 5.41 Å². The molecule has 1 aliphatic heterocycles. The maximum Gasteiger partial charge on any atom is 0.310 e. The fourth-order valence-corrected chi connectivity index (χ4v) is 2.66. The molecule has 0 amide bonds. The summed E-state index contributed by atoms with van der Waals surface area (Å²) in [7, 11) is 0. The van der Waals surface area contributed by atoms with Gasteiger partial charge >= 0.3 is 5.97 Å². The number of rotatable bonds is 5. The predicted molar refractivity (Wildman–Crippen MR) is 59.8 cm³/mol. The molecule has 82 valence electrons. The lowest BCUT2D eigenvalue weighted by molar-refractivity contribution is -0.146. The number of carbonyl (C=O) groups is 1. The van der Waals surface area contributed by atoms with Crippen LogP contribution in [0.3, 0.4) is 0 Å². The van der Waals surface area contributed by atoms with Crippen LogP contribution in [-0.4, -0.2) is 35.2 Å². The molecule has 14 heavy (non-hydrogen) atoms. The molecule has 0 aromatic carbocycles. The van der Waals surface area contributed by atoms with Gasteiger partial charge in [0, 0.05) is 18.3 Å². The van der Waals surface area contributed by atoms with Crippen LogP contribution in [0.25, 0.3) is 0 Å². The Hall–Kier alpha value is -0.220.